The van der Waals surface area contributed by atoms with E-state index in [0.29, 0.717) is 18.0 Å². The Bertz CT molecular complexity index is 862. The molecule has 3 rings (SSSR count). The average Bonchev–Trinajstić information content (AvgIpc) is 3.13. The van der Waals surface area contributed by atoms with E-state index in [1.54, 1.807) is 0 Å². The van der Waals surface area contributed by atoms with Gasteiger partial charge in [0, 0.05) is 18.2 Å². The van der Waals surface area contributed by atoms with Crippen LogP contribution in [0.2, 0.25) is 0 Å². The van der Waals surface area contributed by atoms with Crippen LogP contribution in [0.1, 0.15) is 23.9 Å². The van der Waals surface area contributed by atoms with Crippen molar-refractivity contribution in [3.8, 4) is 11.4 Å². The van der Waals surface area contributed by atoms with Crippen molar-refractivity contribution >= 4 is 12.2 Å². The van der Waals surface area contributed by atoms with Gasteiger partial charge in [0.1, 0.15) is 5.76 Å². The summed E-state index contributed by atoms with van der Waals surface area (Å²) >= 11 is 5.37. The second-order valence-electron chi connectivity index (χ2n) is 5.92. The first-order valence-electron chi connectivity index (χ1n) is 7.92. The summed E-state index contributed by atoms with van der Waals surface area (Å²) in [7, 11) is 2.00. The van der Waals surface area contributed by atoms with Crippen LogP contribution in [0.5, 0.6) is 0 Å². The molecule has 2 heterocycles. The summed E-state index contributed by atoms with van der Waals surface area (Å²) in [6.07, 6.45) is 1.02. The molecule has 0 atom stereocenters. The van der Waals surface area contributed by atoms with Gasteiger partial charge in [-0.2, -0.15) is 4.98 Å². The van der Waals surface area contributed by atoms with Crippen LogP contribution in [0.15, 0.2) is 34.9 Å². The average molecular weight is 343 g/mol. The zero-order chi connectivity index (χ0) is 17.1. The van der Waals surface area contributed by atoms with Crippen molar-refractivity contribution in [3.05, 3.63) is 52.1 Å². The van der Waals surface area contributed by atoms with Gasteiger partial charge in [-0.05, 0) is 38.2 Å². The van der Waals surface area contributed by atoms with Gasteiger partial charge < -0.3 is 4.52 Å². The molecule has 0 unspecified atom stereocenters. The van der Waals surface area contributed by atoms with E-state index < -0.39 is 0 Å². The lowest BCUT2D eigenvalue weighted by Gasteiger charge is -2.14. The minimum absolute atomic E-state index is 0.535. The molecule has 126 valence electrons. The summed E-state index contributed by atoms with van der Waals surface area (Å²) in [6, 6.07) is 10.3. The highest BCUT2D eigenvalue weighted by Gasteiger charge is 2.09. The molecule has 24 heavy (non-hydrogen) atoms. The standard InChI is InChI=1S/C17H21N5OS/c1-4-13-5-7-14(8-6-13)16-18-17(24)22(19-16)11-21(3)10-15-9-12(2)23-20-15/h5-9H,4,10-11H2,1-3H3,(H,18,19,24). The highest BCUT2D eigenvalue weighted by molar-refractivity contribution is 7.71. The second kappa shape index (κ2) is 7.11. The first-order chi connectivity index (χ1) is 11.5. The van der Waals surface area contributed by atoms with Gasteiger partial charge in [-0.25, -0.2) is 4.68 Å². The Kier molecular flexibility index (Phi) is 4.92. The molecule has 6 nitrogen and oxygen atoms in total. The number of rotatable bonds is 6. The van der Waals surface area contributed by atoms with Crippen LogP contribution >= 0.6 is 12.2 Å². The van der Waals surface area contributed by atoms with Crippen molar-refractivity contribution in [2.45, 2.75) is 33.5 Å². The number of aryl methyl sites for hydroxylation is 2. The number of nitrogens with zero attached hydrogens (tertiary/aromatic N) is 4. The Morgan fingerprint density at radius 3 is 2.67 bits per heavy atom. The third-order valence-corrected chi connectivity index (χ3v) is 4.12. The number of H-pyrrole nitrogens is 1. The zero-order valence-corrected chi connectivity index (χ0v) is 14.9. The van der Waals surface area contributed by atoms with E-state index in [1.807, 2.05) is 24.7 Å². The topological polar surface area (TPSA) is 62.9 Å². The third kappa shape index (κ3) is 3.80. The first-order valence-corrected chi connectivity index (χ1v) is 8.33. The maximum absolute atomic E-state index is 5.37. The molecular weight excluding hydrogens is 322 g/mol. The maximum Gasteiger partial charge on any atom is 0.217 e. The van der Waals surface area contributed by atoms with Crippen LogP contribution in [-0.4, -0.2) is 31.9 Å². The van der Waals surface area contributed by atoms with Gasteiger partial charge in [0.05, 0.1) is 12.4 Å². The molecule has 0 aliphatic rings. The Morgan fingerprint density at radius 1 is 1.29 bits per heavy atom. The smallest absolute Gasteiger partial charge is 0.217 e. The number of nitrogens with one attached hydrogen (secondary N) is 1. The van der Waals surface area contributed by atoms with Crippen molar-refractivity contribution in [2.75, 3.05) is 7.05 Å². The number of aromatic nitrogens is 4. The first kappa shape index (κ1) is 16.6. The van der Waals surface area contributed by atoms with Crippen LogP contribution in [-0.2, 0) is 19.6 Å². The Morgan fingerprint density at radius 2 is 2.04 bits per heavy atom. The molecule has 0 saturated heterocycles. The summed E-state index contributed by atoms with van der Waals surface area (Å²) in [5.74, 6) is 1.60. The molecule has 0 saturated carbocycles. The number of hydrogen-bond acceptors (Lipinski definition) is 5. The molecule has 7 heteroatoms. The summed E-state index contributed by atoms with van der Waals surface area (Å²) in [5.41, 5.74) is 3.24. The molecule has 0 aliphatic carbocycles. The minimum atomic E-state index is 0.535. The zero-order valence-electron chi connectivity index (χ0n) is 14.1. The second-order valence-corrected chi connectivity index (χ2v) is 6.28. The Labute approximate surface area is 146 Å². The van der Waals surface area contributed by atoms with Crippen molar-refractivity contribution in [2.24, 2.45) is 0 Å². The van der Waals surface area contributed by atoms with Gasteiger partial charge in [0.25, 0.3) is 0 Å². The van der Waals surface area contributed by atoms with Crippen molar-refractivity contribution in [3.63, 3.8) is 0 Å². The van der Waals surface area contributed by atoms with E-state index in [-0.39, 0.29) is 0 Å². The highest BCUT2D eigenvalue weighted by atomic mass is 32.1. The van der Waals surface area contributed by atoms with Gasteiger partial charge in [0.15, 0.2) is 5.82 Å². The summed E-state index contributed by atoms with van der Waals surface area (Å²) in [4.78, 5) is 6.55. The fourth-order valence-electron chi connectivity index (χ4n) is 2.54. The molecular formula is C17H21N5OS. The monoisotopic (exact) mass is 343 g/mol. The maximum atomic E-state index is 5.37. The SMILES string of the molecule is CCc1ccc(-c2nc(=S)n(CN(C)Cc3cc(C)on3)[nH]2)cc1. The molecule has 0 amide bonds. The Hall–Kier alpha value is -2.25. The summed E-state index contributed by atoms with van der Waals surface area (Å²) in [6.45, 7) is 5.31. The number of hydrogen-bond donors (Lipinski definition) is 1. The molecule has 1 N–H and O–H groups in total. The quantitative estimate of drug-likeness (QED) is 0.694. The molecule has 0 fully saturated rings. The third-order valence-electron chi connectivity index (χ3n) is 3.81. The van der Waals surface area contributed by atoms with E-state index in [2.05, 4.69) is 51.3 Å². The van der Waals surface area contributed by atoms with Crippen molar-refractivity contribution < 1.29 is 4.52 Å². The van der Waals surface area contributed by atoms with E-state index in [0.717, 1.165) is 29.3 Å². The van der Waals surface area contributed by atoms with Gasteiger partial charge >= 0.3 is 0 Å². The molecule has 1 aromatic carbocycles. The van der Waals surface area contributed by atoms with Crippen molar-refractivity contribution in [1.82, 2.24) is 24.8 Å². The fourth-order valence-corrected chi connectivity index (χ4v) is 2.74. The summed E-state index contributed by atoms with van der Waals surface area (Å²) < 4.78 is 7.48. The molecule has 0 radical (unpaired) electrons. The minimum Gasteiger partial charge on any atom is -0.361 e. The molecule has 0 aliphatic heterocycles. The van der Waals surface area contributed by atoms with E-state index in [9.17, 15) is 0 Å². The van der Waals surface area contributed by atoms with Gasteiger partial charge in [0.2, 0.25) is 4.77 Å². The molecule has 0 bridgehead atoms. The van der Waals surface area contributed by atoms with Crippen LogP contribution in [0.25, 0.3) is 11.4 Å². The molecule has 0 spiro atoms. The lowest BCUT2D eigenvalue weighted by atomic mass is 10.1. The lowest BCUT2D eigenvalue weighted by molar-refractivity contribution is 0.237. The highest BCUT2D eigenvalue weighted by Crippen LogP contribution is 2.16. The fraction of sp³-hybridized carbons (Fsp3) is 0.353. The largest absolute Gasteiger partial charge is 0.361 e. The lowest BCUT2D eigenvalue weighted by Crippen LogP contribution is -2.22. The molecule has 3 aromatic rings. The normalized spacial score (nSPS) is 11.3. The van der Waals surface area contributed by atoms with Crippen LogP contribution in [0, 0.1) is 11.7 Å². The summed E-state index contributed by atoms with van der Waals surface area (Å²) in [5, 5.41) is 7.28. The van der Waals surface area contributed by atoms with Gasteiger partial charge in [-0.1, -0.05) is 36.3 Å². The number of benzene rings is 1. The van der Waals surface area contributed by atoms with Crippen LogP contribution in [0.4, 0.5) is 0 Å². The van der Waals surface area contributed by atoms with E-state index in [4.69, 9.17) is 16.7 Å². The van der Waals surface area contributed by atoms with E-state index >= 15 is 0 Å². The van der Waals surface area contributed by atoms with Crippen molar-refractivity contribution in [1.29, 1.82) is 0 Å². The van der Waals surface area contributed by atoms with Gasteiger partial charge in [-0.3, -0.25) is 10.00 Å². The van der Waals surface area contributed by atoms with Crippen LogP contribution in [0.3, 0.4) is 0 Å². The molecule has 2 aromatic heterocycles. The predicted molar refractivity (Wildman–Crippen MR) is 94.9 cm³/mol. The predicted octanol–water partition coefficient (Wildman–Crippen LogP) is 3.56. The Balaban J connectivity index is 1.72. The van der Waals surface area contributed by atoms with Gasteiger partial charge in [-0.15, -0.1) is 0 Å². The van der Waals surface area contributed by atoms with E-state index in [1.165, 1.54) is 5.56 Å². The van der Waals surface area contributed by atoms with Crippen LogP contribution < -0.4 is 0 Å². The number of aromatic amines is 1.